The van der Waals surface area contributed by atoms with Gasteiger partial charge in [0.1, 0.15) is 5.60 Å². The van der Waals surface area contributed by atoms with Crippen molar-refractivity contribution in [1.82, 2.24) is 20.4 Å². The van der Waals surface area contributed by atoms with Crippen molar-refractivity contribution in [3.63, 3.8) is 0 Å². The molecule has 0 bridgehead atoms. The number of benzene rings is 1. The highest BCUT2D eigenvalue weighted by Crippen LogP contribution is 2.39. The smallest absolute Gasteiger partial charge is 0.417 e. The fourth-order valence-corrected chi connectivity index (χ4v) is 5.36. The van der Waals surface area contributed by atoms with Crippen LogP contribution in [0.2, 0.25) is 0 Å². The second-order valence-electron chi connectivity index (χ2n) is 11.8. The van der Waals surface area contributed by atoms with Crippen LogP contribution in [0.1, 0.15) is 64.9 Å². The zero-order valence-electron chi connectivity index (χ0n) is 22.9. The molecule has 4 heterocycles. The third kappa shape index (κ3) is 6.05. The predicted molar refractivity (Wildman–Crippen MR) is 139 cm³/mol. The number of carbonyl (C=O) groups is 7. The zero-order valence-corrected chi connectivity index (χ0v) is 22.9. The second-order valence-corrected chi connectivity index (χ2v) is 11.8. The molecule has 5 rings (SSSR count). The first-order chi connectivity index (χ1) is 18.7. The van der Waals surface area contributed by atoms with Crippen molar-refractivity contribution in [3.05, 3.63) is 35.9 Å². The highest BCUT2D eigenvalue weighted by Gasteiger charge is 2.54. The van der Waals surface area contributed by atoms with E-state index in [1.54, 1.807) is 20.8 Å². The number of carbonyl (C=O) groups excluding carboxylic acids is 7. The van der Waals surface area contributed by atoms with E-state index in [1.165, 1.54) is 4.90 Å². The van der Waals surface area contributed by atoms with Gasteiger partial charge in [-0.25, -0.2) is 9.69 Å². The Kier molecular flexibility index (Phi) is 7.82. The van der Waals surface area contributed by atoms with Crippen LogP contribution in [0.3, 0.4) is 0 Å². The van der Waals surface area contributed by atoms with Crippen LogP contribution < -0.4 is 10.6 Å². The molecule has 0 saturated carbocycles. The summed E-state index contributed by atoms with van der Waals surface area (Å²) in [5.74, 6) is -1.73. The number of piperidine rings is 2. The SMILES string of the molecule is CC(C)(C)OC(=O)N1CC2(CCC(=O)NC2=O)CC1=O.O=C1CC2(CCC(=O)N(Cc3ccccc3)C2=O)CN1. The Bertz CT molecular complexity index is 1260. The van der Waals surface area contributed by atoms with Gasteiger partial charge in [-0.2, -0.15) is 0 Å². The molecule has 2 atom stereocenters. The minimum Gasteiger partial charge on any atom is -0.443 e. The number of imide groups is 3. The van der Waals surface area contributed by atoms with Gasteiger partial charge in [0.2, 0.25) is 35.4 Å². The third-order valence-electron chi connectivity index (χ3n) is 7.55. The summed E-state index contributed by atoms with van der Waals surface area (Å²) in [6, 6.07) is 9.43. The van der Waals surface area contributed by atoms with Crippen molar-refractivity contribution in [2.45, 2.75) is 71.4 Å². The Morgan fingerprint density at radius 2 is 1.57 bits per heavy atom. The number of amides is 7. The van der Waals surface area contributed by atoms with Crippen molar-refractivity contribution in [3.8, 4) is 0 Å². The van der Waals surface area contributed by atoms with Gasteiger partial charge >= 0.3 is 6.09 Å². The summed E-state index contributed by atoms with van der Waals surface area (Å²) in [6.07, 6.45) is 0.645. The highest BCUT2D eigenvalue weighted by atomic mass is 16.6. The van der Waals surface area contributed by atoms with Gasteiger partial charge in [-0.05, 0) is 39.2 Å². The van der Waals surface area contributed by atoms with E-state index in [9.17, 15) is 33.6 Å². The first kappa shape index (κ1) is 28.9. The van der Waals surface area contributed by atoms with E-state index in [0.717, 1.165) is 10.5 Å². The summed E-state index contributed by atoms with van der Waals surface area (Å²) in [6.45, 7) is 5.71. The van der Waals surface area contributed by atoms with Crippen molar-refractivity contribution >= 4 is 41.5 Å². The number of hydrogen-bond acceptors (Lipinski definition) is 8. The number of ether oxygens (including phenoxy) is 1. The highest BCUT2D eigenvalue weighted by molar-refractivity contribution is 6.06. The summed E-state index contributed by atoms with van der Waals surface area (Å²) >= 11 is 0. The standard InChI is InChI=1S/C15H16N2O3.C13H18N2O5/c18-12-8-15(10-16-12)7-6-13(19)17(14(15)20)9-11-4-2-1-3-5-11;1-12(2,3)20-11(19)15-7-13(6-9(15)17)5-4-8(16)14-10(13)18/h1-5H,6-10H2,(H,16,18);4-7H2,1-3H3,(H,14,16,18). The molecule has 40 heavy (non-hydrogen) atoms. The lowest BCUT2D eigenvalue weighted by Gasteiger charge is -2.36. The maximum absolute atomic E-state index is 12.6. The van der Waals surface area contributed by atoms with Gasteiger partial charge in [0.25, 0.3) is 0 Å². The van der Waals surface area contributed by atoms with E-state index in [0.29, 0.717) is 19.4 Å². The Balaban J connectivity index is 0.000000185. The van der Waals surface area contributed by atoms with Gasteiger partial charge in [-0.15, -0.1) is 0 Å². The minimum absolute atomic E-state index is 0.0279. The lowest BCUT2D eigenvalue weighted by atomic mass is 9.78. The van der Waals surface area contributed by atoms with Crippen LogP contribution in [-0.2, 0) is 40.0 Å². The van der Waals surface area contributed by atoms with Crippen LogP contribution in [0.15, 0.2) is 30.3 Å². The molecule has 2 N–H and O–H groups in total. The Morgan fingerprint density at radius 3 is 2.17 bits per heavy atom. The third-order valence-corrected chi connectivity index (χ3v) is 7.55. The van der Waals surface area contributed by atoms with Gasteiger partial charge in [0.05, 0.1) is 17.4 Å². The largest absolute Gasteiger partial charge is 0.443 e. The van der Waals surface area contributed by atoms with Crippen LogP contribution in [0.5, 0.6) is 0 Å². The second kappa shape index (κ2) is 10.8. The normalized spacial score (nSPS) is 26.6. The van der Waals surface area contributed by atoms with Crippen molar-refractivity contribution < 1.29 is 38.3 Å². The maximum Gasteiger partial charge on any atom is 0.417 e. The molecule has 12 heteroatoms. The fourth-order valence-electron chi connectivity index (χ4n) is 5.36. The molecule has 4 aliphatic heterocycles. The monoisotopic (exact) mass is 554 g/mol. The molecule has 2 unspecified atom stereocenters. The van der Waals surface area contributed by atoms with Gasteiger partial charge in [0, 0.05) is 38.8 Å². The summed E-state index contributed by atoms with van der Waals surface area (Å²) in [5, 5.41) is 4.94. The summed E-state index contributed by atoms with van der Waals surface area (Å²) in [5.41, 5.74) is -1.48. The molecular formula is C28H34N4O8. The van der Waals surface area contributed by atoms with Gasteiger partial charge < -0.3 is 10.1 Å². The van der Waals surface area contributed by atoms with E-state index >= 15 is 0 Å². The Labute approximate surface area is 231 Å². The summed E-state index contributed by atoms with van der Waals surface area (Å²) in [4.78, 5) is 85.4. The molecule has 1 aromatic rings. The van der Waals surface area contributed by atoms with E-state index < -0.39 is 34.3 Å². The number of rotatable bonds is 2. The van der Waals surface area contributed by atoms with Crippen LogP contribution >= 0.6 is 0 Å². The zero-order chi connectivity index (χ0) is 29.3. The van der Waals surface area contributed by atoms with Crippen molar-refractivity contribution in [2.24, 2.45) is 10.8 Å². The molecular weight excluding hydrogens is 520 g/mol. The number of nitrogens with one attached hydrogen (secondary N) is 2. The van der Waals surface area contributed by atoms with Gasteiger partial charge in [-0.3, -0.25) is 39.0 Å². The average molecular weight is 555 g/mol. The van der Waals surface area contributed by atoms with Crippen LogP contribution in [0.4, 0.5) is 4.79 Å². The maximum atomic E-state index is 12.6. The number of hydrogen-bond donors (Lipinski definition) is 2. The number of likely N-dealkylation sites (tertiary alicyclic amines) is 2. The summed E-state index contributed by atoms with van der Waals surface area (Å²) in [7, 11) is 0. The Hall–Kier alpha value is -4.09. The lowest BCUT2D eigenvalue weighted by Crippen LogP contribution is -2.52. The van der Waals surface area contributed by atoms with E-state index in [-0.39, 0.29) is 62.4 Å². The molecule has 4 saturated heterocycles. The first-order valence-electron chi connectivity index (χ1n) is 13.3. The topological polar surface area (TPSA) is 159 Å². The lowest BCUT2D eigenvalue weighted by molar-refractivity contribution is -0.158. The predicted octanol–water partition coefficient (Wildman–Crippen LogP) is 1.42. The molecule has 0 aliphatic carbocycles. The van der Waals surface area contributed by atoms with Crippen molar-refractivity contribution in [2.75, 3.05) is 13.1 Å². The minimum atomic E-state index is -0.984. The first-order valence-corrected chi connectivity index (χ1v) is 13.3. The summed E-state index contributed by atoms with van der Waals surface area (Å²) < 4.78 is 5.15. The van der Waals surface area contributed by atoms with Crippen LogP contribution in [0.25, 0.3) is 0 Å². The average Bonchev–Trinajstić information content (AvgIpc) is 3.43. The molecule has 1 aromatic carbocycles. The molecule has 12 nitrogen and oxygen atoms in total. The Morgan fingerprint density at radius 1 is 0.900 bits per heavy atom. The quantitative estimate of drug-likeness (QED) is 0.519. The molecule has 0 aromatic heterocycles. The van der Waals surface area contributed by atoms with Crippen LogP contribution in [-0.4, -0.2) is 70.0 Å². The molecule has 4 aliphatic rings. The van der Waals surface area contributed by atoms with E-state index in [1.807, 2.05) is 30.3 Å². The fraction of sp³-hybridized carbons (Fsp3) is 0.536. The molecule has 4 fully saturated rings. The van der Waals surface area contributed by atoms with E-state index in [2.05, 4.69) is 10.6 Å². The van der Waals surface area contributed by atoms with Crippen LogP contribution in [0, 0.1) is 10.8 Å². The van der Waals surface area contributed by atoms with Gasteiger partial charge in [-0.1, -0.05) is 30.3 Å². The molecule has 7 amide bonds. The number of nitrogens with zero attached hydrogens (tertiary/aromatic N) is 2. The molecule has 0 radical (unpaired) electrons. The van der Waals surface area contributed by atoms with Crippen molar-refractivity contribution in [1.29, 1.82) is 0 Å². The van der Waals surface area contributed by atoms with Gasteiger partial charge in [0.15, 0.2) is 0 Å². The van der Waals surface area contributed by atoms with E-state index in [4.69, 9.17) is 4.74 Å². The molecule has 2 spiro atoms. The molecule has 214 valence electrons.